The van der Waals surface area contributed by atoms with Gasteiger partial charge in [0.1, 0.15) is 5.75 Å². The molecule has 0 radical (unpaired) electrons. The van der Waals surface area contributed by atoms with Crippen molar-refractivity contribution >= 4 is 83.7 Å². The van der Waals surface area contributed by atoms with Gasteiger partial charge in [0.25, 0.3) is 5.91 Å². The summed E-state index contributed by atoms with van der Waals surface area (Å²) in [5.41, 5.74) is 2.64. The van der Waals surface area contributed by atoms with Gasteiger partial charge in [-0.05, 0) is 146 Å². The van der Waals surface area contributed by atoms with Gasteiger partial charge >= 0.3 is 0 Å². The predicted octanol–water partition coefficient (Wildman–Crippen LogP) is 11.0. The van der Waals surface area contributed by atoms with Crippen molar-refractivity contribution in [2.24, 2.45) is 11.8 Å². The second-order valence-corrected chi connectivity index (χ2v) is 18.8. The first-order chi connectivity index (χ1) is 30.1. The smallest absolute Gasteiger partial charge is 0.252 e. The highest BCUT2D eigenvalue weighted by atomic mass is 31.1. The number of hydrogen-bond donors (Lipinski definition) is 1. The molecule has 5 unspecified atom stereocenters. The van der Waals surface area contributed by atoms with Gasteiger partial charge in [-0.3, -0.25) is 14.7 Å². The molecule has 0 spiro atoms. The zero-order valence-electron chi connectivity index (χ0n) is 34.2. The number of piperidine rings is 3. The summed E-state index contributed by atoms with van der Waals surface area (Å²) >= 11 is 0. The summed E-state index contributed by atoms with van der Waals surface area (Å²) in [5, 5.41) is 17.9. The van der Waals surface area contributed by atoms with E-state index in [1.165, 1.54) is 53.7 Å². The molecule has 6 heteroatoms. The maximum absolute atomic E-state index is 15.6. The average Bonchev–Trinajstić information content (AvgIpc) is 3.33. The molecule has 3 fully saturated rings. The predicted molar refractivity (Wildman–Crippen MR) is 255 cm³/mol. The van der Waals surface area contributed by atoms with Crippen LogP contribution in [0.5, 0.6) is 5.75 Å². The SMILES string of the molecule is C=CC1CN2CCC1CC2C(NC(=O)c1ccccc1P(c1cc2ccccc2c2ccccc12)c1cc2ccccc2c2ccccc12)c1ccnc2ccc(OC)cc12. The number of fused-ring (bicyclic) bond motifs is 10. The molecule has 9 aromatic rings. The van der Waals surface area contributed by atoms with Crippen molar-refractivity contribution in [1.29, 1.82) is 0 Å². The highest BCUT2D eigenvalue weighted by Gasteiger charge is 2.43. The minimum atomic E-state index is -1.30. The number of benzene rings is 8. The molecular formula is C55H46N3O2P. The third kappa shape index (κ3) is 6.47. The van der Waals surface area contributed by atoms with E-state index >= 15 is 4.79 Å². The van der Waals surface area contributed by atoms with Gasteiger partial charge in [-0.1, -0.05) is 121 Å². The van der Waals surface area contributed by atoms with Crippen LogP contribution in [-0.2, 0) is 0 Å². The lowest BCUT2D eigenvalue weighted by atomic mass is 9.73. The van der Waals surface area contributed by atoms with Crippen molar-refractivity contribution in [2.45, 2.75) is 24.9 Å². The van der Waals surface area contributed by atoms with Gasteiger partial charge < -0.3 is 10.1 Å². The number of amides is 1. The molecule has 0 aliphatic carbocycles. The molecule has 4 heterocycles. The molecule has 61 heavy (non-hydrogen) atoms. The lowest BCUT2D eigenvalue weighted by molar-refractivity contribution is 0.00171. The van der Waals surface area contributed by atoms with Crippen LogP contribution in [0.15, 0.2) is 177 Å². The van der Waals surface area contributed by atoms with Crippen molar-refractivity contribution in [3.63, 3.8) is 0 Å². The monoisotopic (exact) mass is 811 g/mol. The number of nitrogens with one attached hydrogen (secondary N) is 1. The maximum Gasteiger partial charge on any atom is 0.252 e. The molecule has 5 atom stereocenters. The fourth-order valence-corrected chi connectivity index (χ4v) is 13.4. The van der Waals surface area contributed by atoms with Gasteiger partial charge in [0.2, 0.25) is 0 Å². The van der Waals surface area contributed by atoms with Crippen molar-refractivity contribution < 1.29 is 9.53 Å². The molecule has 2 bridgehead atoms. The van der Waals surface area contributed by atoms with E-state index in [0.717, 1.165) is 53.5 Å². The minimum absolute atomic E-state index is 0.0703. The molecule has 0 saturated carbocycles. The van der Waals surface area contributed by atoms with E-state index in [0.29, 0.717) is 17.4 Å². The van der Waals surface area contributed by atoms with Crippen LogP contribution in [0.2, 0.25) is 0 Å². The molecule has 298 valence electrons. The number of aromatic nitrogens is 1. The first-order valence-corrected chi connectivity index (χ1v) is 22.7. The van der Waals surface area contributed by atoms with Crippen LogP contribution in [0.25, 0.3) is 54.0 Å². The zero-order valence-corrected chi connectivity index (χ0v) is 35.1. The van der Waals surface area contributed by atoms with Gasteiger partial charge in [0.05, 0.1) is 18.7 Å². The number of pyridine rings is 1. The molecule has 1 aromatic heterocycles. The van der Waals surface area contributed by atoms with Crippen LogP contribution in [-0.4, -0.2) is 42.0 Å². The van der Waals surface area contributed by atoms with Crippen LogP contribution in [0.1, 0.15) is 34.8 Å². The summed E-state index contributed by atoms with van der Waals surface area (Å²) in [4.78, 5) is 23.0. The Hall–Kier alpha value is -6.39. The summed E-state index contributed by atoms with van der Waals surface area (Å²) in [7, 11) is 0.403. The molecule has 12 rings (SSSR count). The van der Waals surface area contributed by atoms with E-state index in [9.17, 15) is 0 Å². The first kappa shape index (κ1) is 37.6. The van der Waals surface area contributed by atoms with Crippen molar-refractivity contribution in [1.82, 2.24) is 15.2 Å². The van der Waals surface area contributed by atoms with Crippen molar-refractivity contribution in [3.8, 4) is 5.75 Å². The molecule has 1 N–H and O–H groups in total. The van der Waals surface area contributed by atoms with Gasteiger partial charge in [-0.15, -0.1) is 6.58 Å². The van der Waals surface area contributed by atoms with E-state index in [2.05, 4.69) is 156 Å². The van der Waals surface area contributed by atoms with Gasteiger partial charge in [-0.25, -0.2) is 0 Å². The Balaban J connectivity index is 1.12. The summed E-state index contributed by atoms with van der Waals surface area (Å²) in [6.45, 7) is 6.16. The van der Waals surface area contributed by atoms with Crippen LogP contribution >= 0.6 is 7.92 Å². The van der Waals surface area contributed by atoms with Gasteiger partial charge in [0, 0.05) is 29.7 Å². The quantitative estimate of drug-likeness (QED) is 0.0896. The molecule has 1 amide bonds. The second kappa shape index (κ2) is 15.6. The average molecular weight is 812 g/mol. The van der Waals surface area contributed by atoms with Crippen LogP contribution in [0.3, 0.4) is 0 Å². The zero-order chi connectivity index (χ0) is 41.0. The van der Waals surface area contributed by atoms with Crippen LogP contribution < -0.4 is 26.0 Å². The number of carbonyl (C=O) groups is 1. The molecular weight excluding hydrogens is 766 g/mol. The minimum Gasteiger partial charge on any atom is -0.497 e. The van der Waals surface area contributed by atoms with Crippen molar-refractivity contribution in [2.75, 3.05) is 20.2 Å². The largest absolute Gasteiger partial charge is 0.497 e. The topological polar surface area (TPSA) is 54.5 Å². The van der Waals surface area contributed by atoms with Crippen LogP contribution in [0.4, 0.5) is 0 Å². The Morgan fingerprint density at radius 1 is 0.721 bits per heavy atom. The Morgan fingerprint density at radius 3 is 1.95 bits per heavy atom. The third-order valence-electron chi connectivity index (χ3n) is 13.5. The summed E-state index contributed by atoms with van der Waals surface area (Å²) in [6, 6.07) is 56.1. The molecule has 5 nitrogen and oxygen atoms in total. The highest BCUT2D eigenvalue weighted by Crippen LogP contribution is 2.45. The standard InChI is InChI=1S/C55H46N3O2P/c1-3-35-34-58-29-27-36(35)30-50(58)54(46-26-28-56-49-25-24-39(60-2)33-48(46)49)57-55(59)47-22-12-13-23-51(47)61(52-31-37-14-4-6-16-40(37)42-18-8-10-20-44(42)52)53-32-38-15-5-7-17-41(38)43-19-9-11-21-45(43)53/h3-26,28,31-33,35-36,50,54H,1,27,29-30,34H2,2H3,(H,57,59). The van der Waals surface area contributed by atoms with Gasteiger partial charge in [0.15, 0.2) is 0 Å². The Morgan fingerprint density at radius 2 is 1.33 bits per heavy atom. The fourth-order valence-electron chi connectivity index (χ4n) is 10.6. The van der Waals surface area contributed by atoms with Crippen molar-refractivity contribution in [3.05, 3.63) is 188 Å². The number of nitrogens with zero attached hydrogens (tertiary/aromatic N) is 2. The summed E-state index contributed by atoms with van der Waals surface area (Å²) < 4.78 is 5.74. The molecule has 3 aliphatic rings. The number of hydrogen-bond acceptors (Lipinski definition) is 4. The normalized spacial score (nSPS) is 19.2. The fraction of sp³-hybridized carbons (Fsp3) is 0.164. The number of ether oxygens (including phenoxy) is 1. The highest BCUT2D eigenvalue weighted by molar-refractivity contribution is 7.80. The van der Waals surface area contributed by atoms with E-state index in [1.807, 2.05) is 30.5 Å². The molecule has 3 aliphatic heterocycles. The maximum atomic E-state index is 15.6. The lowest BCUT2D eigenvalue weighted by Gasteiger charge is -2.51. The van der Waals surface area contributed by atoms with Crippen LogP contribution in [0, 0.1) is 11.8 Å². The Labute approximate surface area is 357 Å². The summed E-state index contributed by atoms with van der Waals surface area (Å²) in [5.74, 6) is 1.68. The number of rotatable bonds is 9. The lowest BCUT2D eigenvalue weighted by Crippen LogP contribution is -2.57. The van der Waals surface area contributed by atoms with Gasteiger partial charge in [-0.2, -0.15) is 0 Å². The Bertz CT molecular complexity index is 3060. The molecule has 8 aromatic carbocycles. The third-order valence-corrected chi connectivity index (χ3v) is 16.1. The number of carbonyl (C=O) groups excluding carboxylic acids is 1. The molecule has 3 saturated heterocycles. The second-order valence-electron chi connectivity index (χ2n) is 16.7. The first-order valence-electron chi connectivity index (χ1n) is 21.4. The van der Waals surface area contributed by atoms with E-state index < -0.39 is 7.92 Å². The Kier molecular flexibility index (Phi) is 9.60. The van der Waals surface area contributed by atoms with E-state index in [-0.39, 0.29) is 18.0 Å². The summed E-state index contributed by atoms with van der Waals surface area (Å²) in [6.07, 6.45) is 6.15. The number of methoxy groups -OCH3 is 1. The van der Waals surface area contributed by atoms with E-state index in [1.54, 1.807) is 7.11 Å². The van der Waals surface area contributed by atoms with E-state index in [4.69, 9.17) is 9.72 Å².